The number of aryl methyl sites for hydroxylation is 1. The van der Waals surface area contributed by atoms with E-state index in [1.165, 1.54) is 11.6 Å². The fourth-order valence-electron chi connectivity index (χ4n) is 3.44. The zero-order chi connectivity index (χ0) is 20.3. The highest BCUT2D eigenvalue weighted by Gasteiger charge is 2.22. The number of benzene rings is 1. The van der Waals surface area contributed by atoms with Gasteiger partial charge in [-0.2, -0.15) is 4.98 Å². The van der Waals surface area contributed by atoms with Crippen molar-refractivity contribution in [1.29, 1.82) is 0 Å². The summed E-state index contributed by atoms with van der Waals surface area (Å²) in [6.45, 7) is 4.96. The van der Waals surface area contributed by atoms with Crippen LogP contribution in [0.4, 0.5) is 0 Å². The molecular weight excluding hydrogens is 356 g/mol. The summed E-state index contributed by atoms with van der Waals surface area (Å²) in [5, 5.41) is 0. The van der Waals surface area contributed by atoms with Gasteiger partial charge in [0.05, 0.1) is 0 Å². The van der Waals surface area contributed by atoms with E-state index in [-0.39, 0.29) is 5.56 Å². The fraction of sp³-hybridized carbons (Fsp3) is 0.476. The third kappa shape index (κ3) is 3.74. The van der Waals surface area contributed by atoms with Crippen LogP contribution >= 0.6 is 0 Å². The standard InChI is InChI=1S/C21H28N4O3/c1-5-7-11-15(6-2)14-25-17-18(23(3)21(27)24(4)19(17)26)22-20(25)28-16-12-9-8-10-13-16/h8-10,12-13,15H,5-7,11,14H2,1-4H3/t15-/m0/s1. The highest BCUT2D eigenvalue weighted by atomic mass is 16.5. The van der Waals surface area contributed by atoms with Crippen LogP contribution in [-0.2, 0) is 20.6 Å². The lowest BCUT2D eigenvalue weighted by atomic mass is 9.99. The summed E-state index contributed by atoms with van der Waals surface area (Å²) >= 11 is 0. The van der Waals surface area contributed by atoms with Crippen molar-refractivity contribution in [1.82, 2.24) is 18.7 Å². The number of hydrogen-bond donors (Lipinski definition) is 0. The Morgan fingerprint density at radius 2 is 1.79 bits per heavy atom. The summed E-state index contributed by atoms with van der Waals surface area (Å²) in [5.41, 5.74) is 0.0140. The Balaban J connectivity index is 2.17. The van der Waals surface area contributed by atoms with E-state index in [4.69, 9.17) is 4.74 Å². The van der Waals surface area contributed by atoms with Gasteiger partial charge < -0.3 is 4.74 Å². The zero-order valence-electron chi connectivity index (χ0n) is 17.0. The minimum Gasteiger partial charge on any atom is -0.425 e. The van der Waals surface area contributed by atoms with Crippen LogP contribution in [-0.4, -0.2) is 18.7 Å². The summed E-state index contributed by atoms with van der Waals surface area (Å²) < 4.78 is 10.4. The summed E-state index contributed by atoms with van der Waals surface area (Å²) in [4.78, 5) is 29.8. The quantitative estimate of drug-likeness (QED) is 0.596. The molecule has 0 radical (unpaired) electrons. The van der Waals surface area contributed by atoms with Gasteiger partial charge in [-0.05, 0) is 24.5 Å². The lowest BCUT2D eigenvalue weighted by Crippen LogP contribution is -2.37. The second kappa shape index (κ2) is 8.46. The van der Waals surface area contributed by atoms with Crippen LogP contribution in [0.25, 0.3) is 11.2 Å². The molecule has 7 heteroatoms. The molecule has 0 saturated carbocycles. The molecular formula is C21H28N4O3. The molecule has 3 rings (SSSR count). The highest BCUT2D eigenvalue weighted by Crippen LogP contribution is 2.26. The molecule has 0 saturated heterocycles. The van der Waals surface area contributed by atoms with E-state index in [0.717, 1.165) is 30.3 Å². The van der Waals surface area contributed by atoms with Crippen LogP contribution in [0.5, 0.6) is 11.8 Å². The minimum absolute atomic E-state index is 0.342. The third-order valence-corrected chi connectivity index (χ3v) is 5.25. The SMILES string of the molecule is CCCC[C@H](CC)Cn1c(Oc2ccccc2)nc2c1c(=O)n(C)c(=O)n2C. The van der Waals surface area contributed by atoms with Crippen LogP contribution < -0.4 is 16.0 Å². The minimum atomic E-state index is -0.397. The second-order valence-electron chi connectivity index (χ2n) is 7.21. The molecule has 7 nitrogen and oxygen atoms in total. The number of para-hydroxylation sites is 1. The van der Waals surface area contributed by atoms with Gasteiger partial charge in [-0.3, -0.25) is 18.5 Å². The molecule has 0 spiro atoms. The first kappa shape index (κ1) is 19.9. The molecule has 0 amide bonds. The molecule has 1 atom stereocenters. The van der Waals surface area contributed by atoms with Crippen molar-refractivity contribution >= 4 is 11.2 Å². The van der Waals surface area contributed by atoms with E-state index in [0.29, 0.717) is 35.4 Å². The molecule has 0 bridgehead atoms. The fourth-order valence-corrected chi connectivity index (χ4v) is 3.44. The number of ether oxygens (including phenoxy) is 1. The van der Waals surface area contributed by atoms with Gasteiger partial charge in [-0.25, -0.2) is 4.79 Å². The maximum absolute atomic E-state index is 12.9. The Bertz CT molecular complexity index is 1060. The highest BCUT2D eigenvalue weighted by molar-refractivity contribution is 5.72. The van der Waals surface area contributed by atoms with E-state index >= 15 is 0 Å². The molecule has 2 aromatic heterocycles. The maximum Gasteiger partial charge on any atom is 0.332 e. The summed E-state index contributed by atoms with van der Waals surface area (Å²) in [6.07, 6.45) is 4.33. The molecule has 2 heterocycles. The molecule has 0 fully saturated rings. The lowest BCUT2D eigenvalue weighted by molar-refractivity contribution is 0.353. The number of nitrogens with zero attached hydrogens (tertiary/aromatic N) is 4. The van der Waals surface area contributed by atoms with Crippen LogP contribution in [0.1, 0.15) is 39.5 Å². The van der Waals surface area contributed by atoms with Gasteiger partial charge in [0, 0.05) is 20.6 Å². The summed E-state index contributed by atoms with van der Waals surface area (Å²) in [7, 11) is 3.12. The molecule has 150 valence electrons. The number of aromatic nitrogens is 4. The predicted octanol–water partition coefficient (Wildman–Crippen LogP) is 3.44. The molecule has 0 aliphatic carbocycles. The van der Waals surface area contributed by atoms with Crippen molar-refractivity contribution in [3.63, 3.8) is 0 Å². The Morgan fingerprint density at radius 3 is 2.43 bits per heavy atom. The van der Waals surface area contributed by atoms with Crippen molar-refractivity contribution in [3.05, 3.63) is 51.2 Å². The third-order valence-electron chi connectivity index (χ3n) is 5.25. The van der Waals surface area contributed by atoms with E-state index in [2.05, 4.69) is 18.8 Å². The van der Waals surface area contributed by atoms with Gasteiger partial charge in [0.1, 0.15) is 5.75 Å². The number of hydrogen-bond acceptors (Lipinski definition) is 4. The first-order valence-corrected chi connectivity index (χ1v) is 9.87. The van der Waals surface area contributed by atoms with Gasteiger partial charge in [-0.15, -0.1) is 0 Å². The maximum atomic E-state index is 12.9. The van der Waals surface area contributed by atoms with Gasteiger partial charge in [0.2, 0.25) is 0 Å². The largest absolute Gasteiger partial charge is 0.425 e. The lowest BCUT2D eigenvalue weighted by Gasteiger charge is -2.17. The molecule has 0 aliphatic rings. The second-order valence-corrected chi connectivity index (χ2v) is 7.21. The van der Waals surface area contributed by atoms with Crippen molar-refractivity contribution in [2.24, 2.45) is 20.0 Å². The molecule has 3 aromatic rings. The molecule has 28 heavy (non-hydrogen) atoms. The predicted molar refractivity (Wildman–Crippen MR) is 110 cm³/mol. The topological polar surface area (TPSA) is 71.1 Å². The molecule has 1 aromatic carbocycles. The van der Waals surface area contributed by atoms with Gasteiger partial charge in [0.25, 0.3) is 5.56 Å². The van der Waals surface area contributed by atoms with Crippen LogP contribution in [0.15, 0.2) is 39.9 Å². The normalized spacial score (nSPS) is 12.4. The van der Waals surface area contributed by atoms with Crippen molar-refractivity contribution in [2.45, 2.75) is 46.1 Å². The summed E-state index contributed by atoms with van der Waals surface area (Å²) in [6, 6.07) is 9.70. The molecule has 0 unspecified atom stereocenters. The van der Waals surface area contributed by atoms with Gasteiger partial charge >= 0.3 is 11.7 Å². The van der Waals surface area contributed by atoms with Gasteiger partial charge in [-0.1, -0.05) is 51.3 Å². The average Bonchev–Trinajstić information content (AvgIpc) is 3.06. The number of rotatable bonds is 8. The number of fused-ring (bicyclic) bond motifs is 1. The molecule has 0 N–H and O–H groups in total. The Morgan fingerprint density at radius 1 is 1.07 bits per heavy atom. The van der Waals surface area contributed by atoms with Crippen LogP contribution in [0, 0.1) is 5.92 Å². The van der Waals surface area contributed by atoms with Crippen LogP contribution in [0.3, 0.4) is 0 Å². The van der Waals surface area contributed by atoms with E-state index in [1.807, 2.05) is 34.9 Å². The number of imidazole rings is 1. The van der Waals surface area contributed by atoms with Gasteiger partial charge in [0.15, 0.2) is 11.2 Å². The van der Waals surface area contributed by atoms with E-state index < -0.39 is 5.69 Å². The smallest absolute Gasteiger partial charge is 0.332 e. The first-order chi connectivity index (χ1) is 13.5. The summed E-state index contributed by atoms with van der Waals surface area (Å²) in [5.74, 6) is 1.04. The Kier molecular flexibility index (Phi) is 6.02. The number of unbranched alkanes of at least 4 members (excludes halogenated alkanes) is 1. The van der Waals surface area contributed by atoms with Crippen molar-refractivity contribution in [3.8, 4) is 11.8 Å². The first-order valence-electron chi connectivity index (χ1n) is 9.87. The Hall–Kier alpha value is -2.83. The van der Waals surface area contributed by atoms with E-state index in [1.54, 1.807) is 7.05 Å². The zero-order valence-corrected chi connectivity index (χ0v) is 17.0. The van der Waals surface area contributed by atoms with E-state index in [9.17, 15) is 9.59 Å². The van der Waals surface area contributed by atoms with Crippen molar-refractivity contribution < 1.29 is 4.74 Å². The molecule has 0 aliphatic heterocycles. The average molecular weight is 384 g/mol. The Labute approximate surface area is 164 Å². The monoisotopic (exact) mass is 384 g/mol. The van der Waals surface area contributed by atoms with Crippen LogP contribution in [0.2, 0.25) is 0 Å². The van der Waals surface area contributed by atoms with Crippen molar-refractivity contribution in [2.75, 3.05) is 0 Å².